The van der Waals surface area contributed by atoms with E-state index in [1.54, 1.807) is 11.3 Å². The zero-order valence-electron chi connectivity index (χ0n) is 12.8. The third kappa shape index (κ3) is 4.29. The van der Waals surface area contributed by atoms with Gasteiger partial charge in [0.15, 0.2) is 0 Å². The van der Waals surface area contributed by atoms with Crippen molar-refractivity contribution in [3.05, 3.63) is 22.4 Å². The van der Waals surface area contributed by atoms with Gasteiger partial charge in [-0.05, 0) is 39.1 Å². The van der Waals surface area contributed by atoms with E-state index >= 15 is 0 Å². The van der Waals surface area contributed by atoms with Gasteiger partial charge in [0.1, 0.15) is 0 Å². The molecule has 0 saturated carbocycles. The number of thiophene rings is 1. The summed E-state index contributed by atoms with van der Waals surface area (Å²) in [4.78, 5) is 16.0. The average Bonchev–Trinajstić information content (AvgIpc) is 2.86. The summed E-state index contributed by atoms with van der Waals surface area (Å²) in [7, 11) is 0. The van der Waals surface area contributed by atoms with Crippen LogP contribution in [0.15, 0.2) is 17.5 Å². The minimum Gasteiger partial charge on any atom is -0.461 e. The number of aromatic nitrogens is 3. The van der Waals surface area contributed by atoms with Gasteiger partial charge in [-0.15, -0.1) is 11.3 Å². The minimum absolute atomic E-state index is 0.00977. The first-order valence-electron chi connectivity index (χ1n) is 6.93. The number of rotatable bonds is 6. The van der Waals surface area contributed by atoms with Gasteiger partial charge in [-0.25, -0.2) is 0 Å². The van der Waals surface area contributed by atoms with Gasteiger partial charge in [0.25, 0.3) is 0 Å². The van der Waals surface area contributed by atoms with Crippen molar-refractivity contribution in [2.45, 2.75) is 46.4 Å². The molecule has 0 amide bonds. The highest BCUT2D eigenvalue weighted by molar-refractivity contribution is 7.09. The summed E-state index contributed by atoms with van der Waals surface area (Å²) in [5.41, 5.74) is 5.78. The molecule has 0 aliphatic rings. The van der Waals surface area contributed by atoms with Crippen LogP contribution in [0.25, 0.3) is 0 Å². The van der Waals surface area contributed by atoms with Crippen LogP contribution in [0, 0.1) is 0 Å². The Labute approximate surface area is 129 Å². The van der Waals surface area contributed by atoms with Crippen LogP contribution in [0.5, 0.6) is 6.01 Å². The summed E-state index contributed by atoms with van der Waals surface area (Å²) >= 11 is 1.71. The van der Waals surface area contributed by atoms with Crippen LogP contribution in [-0.4, -0.2) is 27.1 Å². The Kier molecular flexibility index (Phi) is 4.95. The first-order chi connectivity index (χ1) is 9.95. The van der Waals surface area contributed by atoms with Gasteiger partial charge < -0.3 is 15.4 Å². The summed E-state index contributed by atoms with van der Waals surface area (Å²) < 4.78 is 5.53. The molecule has 2 heterocycles. The Morgan fingerprint density at radius 1 is 1.24 bits per heavy atom. The molecule has 114 valence electrons. The molecule has 0 aliphatic heterocycles. The first-order valence-corrected chi connectivity index (χ1v) is 7.81. The lowest BCUT2D eigenvalue weighted by Crippen LogP contribution is -2.32. The predicted octanol–water partition coefficient (Wildman–Crippen LogP) is 2.72. The Bertz CT molecular complexity index is 571. The molecule has 7 heteroatoms. The van der Waals surface area contributed by atoms with Crippen molar-refractivity contribution in [1.29, 1.82) is 0 Å². The molecule has 0 bridgehead atoms. The summed E-state index contributed by atoms with van der Waals surface area (Å²) in [5, 5.41) is 2.06. The molecule has 0 atom stereocenters. The largest absolute Gasteiger partial charge is 0.461 e. The first kappa shape index (κ1) is 15.5. The van der Waals surface area contributed by atoms with Crippen LogP contribution in [0.4, 0.5) is 11.9 Å². The maximum atomic E-state index is 5.78. The highest BCUT2D eigenvalue weighted by atomic mass is 32.1. The molecule has 0 aromatic carbocycles. The Morgan fingerprint density at radius 2 is 2.00 bits per heavy atom. The van der Waals surface area contributed by atoms with Crippen LogP contribution in [-0.2, 0) is 6.54 Å². The third-order valence-corrected chi connectivity index (χ3v) is 3.61. The van der Waals surface area contributed by atoms with Crippen LogP contribution in [0.1, 0.15) is 32.6 Å². The van der Waals surface area contributed by atoms with E-state index in [2.05, 4.69) is 45.1 Å². The molecule has 0 fully saturated rings. The summed E-state index contributed by atoms with van der Waals surface area (Å²) in [6.45, 7) is 8.77. The second kappa shape index (κ2) is 6.71. The van der Waals surface area contributed by atoms with Gasteiger partial charge in [0.05, 0.1) is 12.6 Å². The van der Waals surface area contributed by atoms with E-state index in [0.717, 1.165) is 6.54 Å². The molecule has 21 heavy (non-hydrogen) atoms. The fourth-order valence-electron chi connectivity index (χ4n) is 1.81. The highest BCUT2D eigenvalue weighted by Crippen LogP contribution is 2.21. The molecule has 2 rings (SSSR count). The van der Waals surface area contributed by atoms with Crippen LogP contribution in [0.2, 0.25) is 0 Å². The molecular weight excluding hydrogens is 286 g/mol. The van der Waals surface area contributed by atoms with Crippen molar-refractivity contribution in [3.63, 3.8) is 0 Å². The van der Waals surface area contributed by atoms with E-state index in [1.807, 2.05) is 19.9 Å². The lowest BCUT2D eigenvalue weighted by atomic mass is 10.3. The highest BCUT2D eigenvalue weighted by Gasteiger charge is 2.17. The predicted molar refractivity (Wildman–Crippen MR) is 85.6 cm³/mol. The van der Waals surface area contributed by atoms with Gasteiger partial charge in [0, 0.05) is 10.9 Å². The molecular formula is C14H21N5OS. The van der Waals surface area contributed by atoms with E-state index in [9.17, 15) is 0 Å². The minimum atomic E-state index is -0.00977. The zero-order valence-corrected chi connectivity index (χ0v) is 13.6. The van der Waals surface area contributed by atoms with Crippen LogP contribution < -0.4 is 15.4 Å². The second-order valence-electron chi connectivity index (χ2n) is 5.24. The molecule has 6 nitrogen and oxygen atoms in total. The maximum Gasteiger partial charge on any atom is 0.323 e. The fraction of sp³-hybridized carbons (Fsp3) is 0.500. The molecule has 2 aromatic heterocycles. The second-order valence-corrected chi connectivity index (χ2v) is 6.28. The van der Waals surface area contributed by atoms with Crippen molar-refractivity contribution < 1.29 is 4.74 Å². The number of ether oxygens (including phenoxy) is 1. The van der Waals surface area contributed by atoms with Crippen LogP contribution in [0.3, 0.4) is 0 Å². The van der Waals surface area contributed by atoms with E-state index in [4.69, 9.17) is 10.5 Å². The van der Waals surface area contributed by atoms with Crippen LogP contribution >= 0.6 is 11.3 Å². The molecule has 2 aromatic rings. The monoisotopic (exact) mass is 307 g/mol. The number of nitrogen functional groups attached to an aromatic ring is 1. The molecule has 0 spiro atoms. The molecule has 0 unspecified atom stereocenters. The van der Waals surface area contributed by atoms with Gasteiger partial charge in [-0.3, -0.25) is 0 Å². The molecule has 0 aliphatic carbocycles. The SMILES string of the molecule is CC(C)Oc1nc(N)nc(N(Cc2cccs2)C(C)C)n1. The van der Waals surface area contributed by atoms with E-state index in [1.165, 1.54) is 4.88 Å². The van der Waals surface area contributed by atoms with Crippen molar-refractivity contribution in [2.24, 2.45) is 0 Å². The summed E-state index contributed by atoms with van der Waals surface area (Å²) in [6.07, 6.45) is -0.00977. The lowest BCUT2D eigenvalue weighted by Gasteiger charge is -2.26. The van der Waals surface area contributed by atoms with Gasteiger partial charge in [0.2, 0.25) is 11.9 Å². The molecule has 2 N–H and O–H groups in total. The average molecular weight is 307 g/mol. The number of hydrogen-bond acceptors (Lipinski definition) is 7. The number of nitrogens with zero attached hydrogens (tertiary/aromatic N) is 4. The fourth-order valence-corrected chi connectivity index (χ4v) is 2.51. The molecule has 0 radical (unpaired) electrons. The number of anilines is 2. The Hall–Kier alpha value is -1.89. The molecule has 0 saturated heterocycles. The summed E-state index contributed by atoms with van der Waals surface area (Å²) in [6, 6.07) is 4.63. The van der Waals surface area contributed by atoms with Gasteiger partial charge in [-0.2, -0.15) is 15.0 Å². The quantitative estimate of drug-likeness (QED) is 0.884. The number of hydrogen-bond donors (Lipinski definition) is 1. The van der Waals surface area contributed by atoms with Crippen molar-refractivity contribution in [1.82, 2.24) is 15.0 Å². The summed E-state index contributed by atoms with van der Waals surface area (Å²) in [5.74, 6) is 0.717. The Balaban J connectivity index is 2.29. The van der Waals surface area contributed by atoms with E-state index < -0.39 is 0 Å². The van der Waals surface area contributed by atoms with Gasteiger partial charge in [-0.1, -0.05) is 6.07 Å². The van der Waals surface area contributed by atoms with E-state index in [0.29, 0.717) is 5.95 Å². The third-order valence-electron chi connectivity index (χ3n) is 2.75. The topological polar surface area (TPSA) is 77.2 Å². The van der Waals surface area contributed by atoms with Gasteiger partial charge >= 0.3 is 6.01 Å². The maximum absolute atomic E-state index is 5.78. The van der Waals surface area contributed by atoms with E-state index in [-0.39, 0.29) is 24.1 Å². The normalized spacial score (nSPS) is 11.1. The zero-order chi connectivity index (χ0) is 15.4. The smallest absolute Gasteiger partial charge is 0.323 e. The Morgan fingerprint density at radius 3 is 2.57 bits per heavy atom. The standard InChI is InChI=1S/C14H21N5OS/c1-9(2)19(8-11-6-5-7-21-11)13-16-12(15)17-14(18-13)20-10(3)4/h5-7,9-10H,8H2,1-4H3,(H2,15,16,17,18). The van der Waals surface area contributed by atoms with Crippen molar-refractivity contribution in [2.75, 3.05) is 10.6 Å². The lowest BCUT2D eigenvalue weighted by molar-refractivity contribution is 0.222. The van der Waals surface area contributed by atoms with Crippen molar-refractivity contribution >= 4 is 23.2 Å². The number of nitrogens with two attached hydrogens (primary N) is 1. The van der Waals surface area contributed by atoms with Crippen molar-refractivity contribution in [3.8, 4) is 6.01 Å².